The van der Waals surface area contributed by atoms with Crippen molar-refractivity contribution in [3.05, 3.63) is 24.0 Å². The van der Waals surface area contributed by atoms with E-state index in [9.17, 15) is 4.79 Å². The number of rotatable bonds is 3. The first-order valence-electron chi connectivity index (χ1n) is 6.19. The fourth-order valence-electron chi connectivity index (χ4n) is 2.28. The van der Waals surface area contributed by atoms with Crippen molar-refractivity contribution in [3.8, 4) is 0 Å². The number of likely N-dealkylation sites (N-methyl/N-ethyl adjacent to an activating group) is 2. The summed E-state index contributed by atoms with van der Waals surface area (Å²) in [5.41, 5.74) is 6.86. The van der Waals surface area contributed by atoms with E-state index in [0.29, 0.717) is 17.7 Å². The van der Waals surface area contributed by atoms with Gasteiger partial charge in [0.05, 0.1) is 5.56 Å². The van der Waals surface area contributed by atoms with Gasteiger partial charge in [0, 0.05) is 50.2 Å². The molecule has 1 aliphatic rings. The minimum Gasteiger partial charge on any atom is -0.398 e. The minimum absolute atomic E-state index is 0.0766. The third-order valence-electron chi connectivity index (χ3n) is 3.56. The van der Waals surface area contributed by atoms with Gasteiger partial charge in [-0.3, -0.25) is 9.78 Å². The van der Waals surface area contributed by atoms with E-state index in [2.05, 4.69) is 28.9 Å². The first-order valence-corrected chi connectivity index (χ1v) is 6.19. The van der Waals surface area contributed by atoms with E-state index in [1.54, 1.807) is 18.5 Å². The van der Waals surface area contributed by atoms with Gasteiger partial charge in [-0.25, -0.2) is 0 Å². The van der Waals surface area contributed by atoms with Crippen molar-refractivity contribution < 1.29 is 4.79 Å². The summed E-state index contributed by atoms with van der Waals surface area (Å²) in [4.78, 5) is 20.7. The molecular weight excluding hydrogens is 228 g/mol. The average Bonchev–Trinajstić information content (AvgIpc) is 2.34. The smallest absolute Gasteiger partial charge is 0.168 e. The summed E-state index contributed by atoms with van der Waals surface area (Å²) in [5.74, 6) is 0.0766. The van der Waals surface area contributed by atoms with E-state index in [1.165, 1.54) is 0 Å². The van der Waals surface area contributed by atoms with Gasteiger partial charge in [-0.15, -0.1) is 0 Å². The zero-order valence-corrected chi connectivity index (χ0v) is 11.0. The van der Waals surface area contributed by atoms with Crippen LogP contribution in [0.15, 0.2) is 18.5 Å². The van der Waals surface area contributed by atoms with Crippen molar-refractivity contribution in [2.45, 2.75) is 12.5 Å². The molecule has 1 aromatic heterocycles. The van der Waals surface area contributed by atoms with Crippen LogP contribution in [0.5, 0.6) is 0 Å². The molecule has 18 heavy (non-hydrogen) atoms. The van der Waals surface area contributed by atoms with E-state index in [0.717, 1.165) is 19.6 Å². The Labute approximate surface area is 108 Å². The van der Waals surface area contributed by atoms with Gasteiger partial charge in [0.15, 0.2) is 5.78 Å². The third-order valence-corrected chi connectivity index (χ3v) is 3.56. The molecule has 0 aliphatic carbocycles. The number of hydrogen-bond acceptors (Lipinski definition) is 5. The largest absolute Gasteiger partial charge is 0.398 e. The van der Waals surface area contributed by atoms with E-state index >= 15 is 0 Å². The van der Waals surface area contributed by atoms with Crippen LogP contribution < -0.4 is 5.73 Å². The number of nitrogen functional groups attached to an aromatic ring is 1. The number of carbonyl (C=O) groups is 1. The molecule has 98 valence electrons. The Morgan fingerprint density at radius 1 is 1.50 bits per heavy atom. The molecule has 0 spiro atoms. The highest BCUT2D eigenvalue weighted by molar-refractivity contribution is 6.00. The second-order valence-corrected chi connectivity index (χ2v) is 4.99. The summed E-state index contributed by atoms with van der Waals surface area (Å²) in [7, 11) is 4.15. The van der Waals surface area contributed by atoms with E-state index in [-0.39, 0.29) is 11.8 Å². The van der Waals surface area contributed by atoms with Crippen LogP contribution in [0.2, 0.25) is 0 Å². The Morgan fingerprint density at radius 2 is 2.28 bits per heavy atom. The Morgan fingerprint density at radius 3 is 3.00 bits per heavy atom. The Bertz CT molecular complexity index is 435. The molecule has 0 bridgehead atoms. The lowest BCUT2D eigenvalue weighted by molar-refractivity contribution is 0.0810. The minimum atomic E-state index is 0.0766. The molecule has 0 saturated carbocycles. The molecule has 1 unspecified atom stereocenters. The normalized spacial score (nSPS) is 22.0. The number of nitrogens with two attached hydrogens (primary N) is 1. The molecule has 1 aliphatic heterocycles. The number of piperazine rings is 1. The maximum absolute atomic E-state index is 12.2. The quantitative estimate of drug-likeness (QED) is 0.788. The summed E-state index contributed by atoms with van der Waals surface area (Å²) >= 11 is 0. The molecule has 1 aromatic rings. The number of nitrogens with zero attached hydrogens (tertiary/aromatic N) is 3. The van der Waals surface area contributed by atoms with Crippen LogP contribution in [-0.2, 0) is 0 Å². The summed E-state index contributed by atoms with van der Waals surface area (Å²) in [6, 6.07) is 1.93. The fourth-order valence-corrected chi connectivity index (χ4v) is 2.28. The number of hydrogen-bond donors (Lipinski definition) is 1. The molecule has 5 nitrogen and oxygen atoms in total. The number of pyridine rings is 1. The van der Waals surface area contributed by atoms with Gasteiger partial charge in [-0.1, -0.05) is 0 Å². The molecule has 1 saturated heterocycles. The van der Waals surface area contributed by atoms with Crippen LogP contribution in [0.4, 0.5) is 5.69 Å². The Kier molecular flexibility index (Phi) is 3.93. The second kappa shape index (κ2) is 5.46. The number of carbonyl (C=O) groups excluding carboxylic acids is 1. The molecule has 0 radical (unpaired) electrons. The maximum Gasteiger partial charge on any atom is 0.168 e. The van der Waals surface area contributed by atoms with Crippen LogP contribution in [0.1, 0.15) is 16.8 Å². The van der Waals surface area contributed by atoms with Crippen LogP contribution in [0.25, 0.3) is 0 Å². The molecule has 2 N–H and O–H groups in total. The van der Waals surface area contributed by atoms with Crippen LogP contribution in [0.3, 0.4) is 0 Å². The summed E-state index contributed by atoms with van der Waals surface area (Å²) < 4.78 is 0. The van der Waals surface area contributed by atoms with Crippen molar-refractivity contribution in [3.63, 3.8) is 0 Å². The summed E-state index contributed by atoms with van der Waals surface area (Å²) in [6.07, 6.45) is 3.66. The highest BCUT2D eigenvalue weighted by atomic mass is 16.1. The molecule has 1 atom stereocenters. The summed E-state index contributed by atoms with van der Waals surface area (Å²) in [5, 5.41) is 0. The highest BCUT2D eigenvalue weighted by Gasteiger charge is 2.25. The van der Waals surface area contributed by atoms with Gasteiger partial charge in [0.25, 0.3) is 0 Å². The van der Waals surface area contributed by atoms with Crippen LogP contribution in [-0.4, -0.2) is 60.3 Å². The van der Waals surface area contributed by atoms with Crippen LogP contribution >= 0.6 is 0 Å². The monoisotopic (exact) mass is 248 g/mol. The predicted octanol–water partition coefficient (Wildman–Crippen LogP) is 0.482. The zero-order valence-electron chi connectivity index (χ0n) is 11.0. The van der Waals surface area contributed by atoms with Crippen molar-refractivity contribution in [1.29, 1.82) is 0 Å². The maximum atomic E-state index is 12.2. The van der Waals surface area contributed by atoms with Gasteiger partial charge in [0.1, 0.15) is 0 Å². The van der Waals surface area contributed by atoms with E-state index < -0.39 is 0 Å². The fraction of sp³-hybridized carbons (Fsp3) is 0.538. The lowest BCUT2D eigenvalue weighted by Gasteiger charge is -2.37. The molecule has 2 rings (SSSR count). The van der Waals surface area contributed by atoms with Crippen molar-refractivity contribution in [1.82, 2.24) is 14.8 Å². The van der Waals surface area contributed by atoms with Crippen molar-refractivity contribution in [2.75, 3.05) is 39.5 Å². The number of aromatic nitrogens is 1. The van der Waals surface area contributed by atoms with Gasteiger partial charge >= 0.3 is 0 Å². The molecule has 0 aromatic carbocycles. The molecule has 2 heterocycles. The Hall–Kier alpha value is -1.46. The molecule has 5 heteroatoms. The lowest BCUT2D eigenvalue weighted by atomic mass is 10.0. The first kappa shape index (κ1) is 13.0. The number of anilines is 1. The van der Waals surface area contributed by atoms with Gasteiger partial charge in [-0.2, -0.15) is 0 Å². The topological polar surface area (TPSA) is 62.5 Å². The van der Waals surface area contributed by atoms with Crippen molar-refractivity contribution in [2.24, 2.45) is 0 Å². The summed E-state index contributed by atoms with van der Waals surface area (Å²) in [6.45, 7) is 2.97. The standard InChI is InChI=1S/C13H20N4O/c1-16-5-6-17(2)10(9-16)7-13(18)11-8-15-4-3-12(11)14/h3-4,8,10H,5-7,9H2,1-2H3,(H2,14,15). The zero-order chi connectivity index (χ0) is 13.1. The van der Waals surface area contributed by atoms with E-state index in [1.807, 2.05) is 0 Å². The van der Waals surface area contributed by atoms with Crippen LogP contribution in [0, 0.1) is 0 Å². The van der Waals surface area contributed by atoms with Gasteiger partial charge in [0.2, 0.25) is 0 Å². The third kappa shape index (κ3) is 2.86. The molecular formula is C13H20N4O. The van der Waals surface area contributed by atoms with Crippen molar-refractivity contribution >= 4 is 11.5 Å². The van der Waals surface area contributed by atoms with Gasteiger partial charge < -0.3 is 15.5 Å². The van der Waals surface area contributed by atoms with E-state index in [4.69, 9.17) is 5.73 Å². The molecule has 1 fully saturated rings. The average molecular weight is 248 g/mol. The number of ketones is 1. The molecule has 0 amide bonds. The van der Waals surface area contributed by atoms with Gasteiger partial charge in [-0.05, 0) is 20.2 Å². The predicted molar refractivity (Wildman–Crippen MR) is 71.5 cm³/mol. The lowest BCUT2D eigenvalue weighted by Crippen LogP contribution is -2.50. The SMILES string of the molecule is CN1CCN(C)C(CC(=O)c2cnccc2N)C1. The number of Topliss-reactive ketones (excluding diaryl/α,β-unsaturated/α-hetero) is 1. The second-order valence-electron chi connectivity index (χ2n) is 4.99. The first-order chi connectivity index (χ1) is 8.58. The highest BCUT2D eigenvalue weighted by Crippen LogP contribution is 2.16. The Balaban J connectivity index is 2.05.